The Labute approximate surface area is 135 Å². The second-order valence-electron chi connectivity index (χ2n) is 5.27. The van der Waals surface area contributed by atoms with Gasteiger partial charge in [-0.3, -0.25) is 9.59 Å². The van der Waals surface area contributed by atoms with Crippen molar-refractivity contribution in [3.8, 4) is 12.3 Å². The van der Waals surface area contributed by atoms with Gasteiger partial charge in [0.15, 0.2) is 0 Å². The molecule has 0 bridgehead atoms. The monoisotopic (exact) mass is 306 g/mol. The smallest absolute Gasteiger partial charge is 0.251 e. The predicted octanol–water partition coefficient (Wildman–Crippen LogP) is 2.65. The summed E-state index contributed by atoms with van der Waals surface area (Å²) in [7, 11) is 0. The van der Waals surface area contributed by atoms with Gasteiger partial charge in [0.2, 0.25) is 5.91 Å². The Balaban J connectivity index is 1.95. The maximum atomic E-state index is 12.2. The normalized spacial score (nSPS) is 9.78. The van der Waals surface area contributed by atoms with Gasteiger partial charge in [-0.05, 0) is 43.7 Å². The molecule has 0 spiro atoms. The third-order valence-electron chi connectivity index (χ3n) is 3.36. The molecule has 2 amide bonds. The van der Waals surface area contributed by atoms with Crippen LogP contribution >= 0.6 is 0 Å². The maximum absolute atomic E-state index is 12.2. The summed E-state index contributed by atoms with van der Waals surface area (Å²) in [6.07, 6.45) is 5.32. The van der Waals surface area contributed by atoms with Crippen LogP contribution in [0, 0.1) is 26.2 Å². The SMILES string of the molecule is C#Cc1cccc(NC(=O)CNC(=O)c2cc(C)ccc2C)c1. The molecule has 4 nitrogen and oxygen atoms in total. The number of benzene rings is 2. The Bertz CT molecular complexity index is 788. The van der Waals surface area contributed by atoms with Crippen molar-refractivity contribution < 1.29 is 9.59 Å². The minimum absolute atomic E-state index is 0.105. The average molecular weight is 306 g/mol. The standard InChI is InChI=1S/C19H18N2O2/c1-4-15-6-5-7-16(11-15)21-18(22)12-20-19(23)17-10-13(2)8-9-14(17)3/h1,5-11H,12H2,2-3H3,(H,20,23)(H,21,22). The van der Waals surface area contributed by atoms with Crippen molar-refractivity contribution in [3.05, 3.63) is 64.7 Å². The molecule has 4 heteroatoms. The minimum Gasteiger partial charge on any atom is -0.343 e. The Kier molecular flexibility index (Phi) is 5.16. The van der Waals surface area contributed by atoms with Crippen molar-refractivity contribution in [2.24, 2.45) is 0 Å². The van der Waals surface area contributed by atoms with Crippen LogP contribution < -0.4 is 10.6 Å². The van der Waals surface area contributed by atoms with Gasteiger partial charge >= 0.3 is 0 Å². The van der Waals surface area contributed by atoms with Crippen LogP contribution in [-0.4, -0.2) is 18.4 Å². The van der Waals surface area contributed by atoms with Gasteiger partial charge in [-0.25, -0.2) is 0 Å². The highest BCUT2D eigenvalue weighted by molar-refractivity contribution is 6.00. The molecule has 23 heavy (non-hydrogen) atoms. The molecule has 0 aliphatic heterocycles. The average Bonchev–Trinajstić information content (AvgIpc) is 2.55. The van der Waals surface area contributed by atoms with E-state index in [1.54, 1.807) is 30.3 Å². The van der Waals surface area contributed by atoms with E-state index in [2.05, 4.69) is 16.6 Å². The highest BCUT2D eigenvalue weighted by atomic mass is 16.2. The van der Waals surface area contributed by atoms with Crippen molar-refractivity contribution >= 4 is 17.5 Å². The molecule has 0 aromatic heterocycles. The van der Waals surface area contributed by atoms with Crippen LogP contribution in [0.25, 0.3) is 0 Å². The summed E-state index contributed by atoms with van der Waals surface area (Å²) in [5.41, 5.74) is 3.73. The molecule has 2 aromatic rings. The zero-order valence-electron chi connectivity index (χ0n) is 13.1. The molecule has 116 valence electrons. The first-order chi connectivity index (χ1) is 11.0. The number of carbonyl (C=O) groups excluding carboxylic acids is 2. The third-order valence-corrected chi connectivity index (χ3v) is 3.36. The number of nitrogens with one attached hydrogen (secondary N) is 2. The fraction of sp³-hybridized carbons (Fsp3) is 0.158. The van der Waals surface area contributed by atoms with E-state index in [0.717, 1.165) is 11.1 Å². The fourth-order valence-electron chi connectivity index (χ4n) is 2.13. The highest BCUT2D eigenvalue weighted by Crippen LogP contribution is 2.11. The van der Waals surface area contributed by atoms with Crippen LogP contribution in [0.3, 0.4) is 0 Å². The molecular formula is C19H18N2O2. The highest BCUT2D eigenvalue weighted by Gasteiger charge is 2.11. The summed E-state index contributed by atoms with van der Waals surface area (Å²) in [6, 6.07) is 12.6. The van der Waals surface area contributed by atoms with E-state index >= 15 is 0 Å². The van der Waals surface area contributed by atoms with E-state index in [4.69, 9.17) is 6.42 Å². The van der Waals surface area contributed by atoms with Crippen molar-refractivity contribution in [3.63, 3.8) is 0 Å². The Morgan fingerprint density at radius 1 is 1.13 bits per heavy atom. The summed E-state index contributed by atoms with van der Waals surface area (Å²) in [5, 5.41) is 5.32. The lowest BCUT2D eigenvalue weighted by molar-refractivity contribution is -0.115. The van der Waals surface area contributed by atoms with Gasteiger partial charge in [-0.1, -0.05) is 29.7 Å². The lowest BCUT2D eigenvalue weighted by atomic mass is 10.1. The number of aryl methyl sites for hydroxylation is 2. The summed E-state index contributed by atoms with van der Waals surface area (Å²) in [5.74, 6) is 1.93. The molecule has 2 N–H and O–H groups in total. The molecule has 0 unspecified atom stereocenters. The van der Waals surface area contributed by atoms with Crippen LogP contribution in [0.15, 0.2) is 42.5 Å². The summed E-state index contributed by atoms with van der Waals surface area (Å²) in [4.78, 5) is 24.1. The van der Waals surface area contributed by atoms with E-state index in [1.165, 1.54) is 0 Å². The number of hydrogen-bond donors (Lipinski definition) is 2. The number of amides is 2. The van der Waals surface area contributed by atoms with Gasteiger partial charge in [0.25, 0.3) is 5.91 Å². The van der Waals surface area contributed by atoms with E-state index in [9.17, 15) is 9.59 Å². The van der Waals surface area contributed by atoms with Crippen molar-refractivity contribution in [2.45, 2.75) is 13.8 Å². The topological polar surface area (TPSA) is 58.2 Å². The van der Waals surface area contributed by atoms with Crippen LogP contribution in [0.4, 0.5) is 5.69 Å². The van der Waals surface area contributed by atoms with Crippen molar-refractivity contribution in [2.75, 3.05) is 11.9 Å². The summed E-state index contributed by atoms with van der Waals surface area (Å²) in [6.45, 7) is 3.67. The van der Waals surface area contributed by atoms with Crippen LogP contribution in [0.5, 0.6) is 0 Å². The molecule has 0 heterocycles. The Hall–Kier alpha value is -3.06. The number of rotatable bonds is 4. The van der Waals surface area contributed by atoms with Crippen molar-refractivity contribution in [1.29, 1.82) is 0 Å². The fourth-order valence-corrected chi connectivity index (χ4v) is 2.13. The predicted molar refractivity (Wildman–Crippen MR) is 91.3 cm³/mol. The van der Waals surface area contributed by atoms with E-state index < -0.39 is 0 Å². The van der Waals surface area contributed by atoms with E-state index in [0.29, 0.717) is 16.8 Å². The zero-order valence-corrected chi connectivity index (χ0v) is 13.1. The van der Waals surface area contributed by atoms with E-state index in [1.807, 2.05) is 26.0 Å². The molecule has 0 saturated heterocycles. The molecule has 0 radical (unpaired) electrons. The largest absolute Gasteiger partial charge is 0.343 e. The van der Waals surface area contributed by atoms with Crippen LogP contribution in [-0.2, 0) is 4.79 Å². The number of anilines is 1. The first-order valence-corrected chi connectivity index (χ1v) is 7.21. The Morgan fingerprint density at radius 3 is 2.65 bits per heavy atom. The minimum atomic E-state index is -0.308. The van der Waals surface area contributed by atoms with Gasteiger partial charge in [0.1, 0.15) is 0 Å². The first-order valence-electron chi connectivity index (χ1n) is 7.21. The third kappa shape index (κ3) is 4.45. The second-order valence-corrected chi connectivity index (χ2v) is 5.27. The molecule has 0 aliphatic rings. The zero-order chi connectivity index (χ0) is 16.8. The maximum Gasteiger partial charge on any atom is 0.251 e. The number of hydrogen-bond acceptors (Lipinski definition) is 2. The van der Waals surface area contributed by atoms with Crippen LogP contribution in [0.2, 0.25) is 0 Å². The lowest BCUT2D eigenvalue weighted by Gasteiger charge is -2.09. The molecule has 0 atom stereocenters. The van der Waals surface area contributed by atoms with Gasteiger partial charge in [0, 0.05) is 16.8 Å². The summed E-state index contributed by atoms with van der Waals surface area (Å²) >= 11 is 0. The van der Waals surface area contributed by atoms with Crippen LogP contribution in [0.1, 0.15) is 27.0 Å². The lowest BCUT2D eigenvalue weighted by Crippen LogP contribution is -2.33. The second kappa shape index (κ2) is 7.28. The molecule has 2 rings (SSSR count). The number of terminal acetylenes is 1. The summed E-state index contributed by atoms with van der Waals surface area (Å²) < 4.78 is 0. The van der Waals surface area contributed by atoms with Crippen molar-refractivity contribution in [1.82, 2.24) is 5.32 Å². The van der Waals surface area contributed by atoms with Gasteiger partial charge in [-0.2, -0.15) is 0 Å². The van der Waals surface area contributed by atoms with Gasteiger partial charge < -0.3 is 10.6 Å². The molecular weight excluding hydrogens is 288 g/mol. The molecule has 0 aliphatic carbocycles. The molecule has 0 fully saturated rings. The van der Waals surface area contributed by atoms with Gasteiger partial charge in [-0.15, -0.1) is 6.42 Å². The Morgan fingerprint density at radius 2 is 1.91 bits per heavy atom. The van der Waals surface area contributed by atoms with E-state index in [-0.39, 0.29) is 18.4 Å². The quantitative estimate of drug-likeness (QED) is 0.853. The number of carbonyl (C=O) groups is 2. The first kappa shape index (κ1) is 16.3. The molecule has 2 aromatic carbocycles. The van der Waals surface area contributed by atoms with Gasteiger partial charge in [0.05, 0.1) is 6.54 Å². The molecule has 0 saturated carbocycles.